The molecule has 0 atom stereocenters. The topological polar surface area (TPSA) is 70.1 Å². The number of nitrogens with zero attached hydrogens (tertiary/aromatic N) is 2. The summed E-state index contributed by atoms with van der Waals surface area (Å²) in [6.07, 6.45) is 1.45. The summed E-state index contributed by atoms with van der Waals surface area (Å²) < 4.78 is 13.0. The van der Waals surface area contributed by atoms with Crippen LogP contribution in [0.15, 0.2) is 40.2 Å². The van der Waals surface area contributed by atoms with E-state index < -0.39 is 0 Å². The maximum atomic E-state index is 13.0. The van der Waals surface area contributed by atoms with Crippen LogP contribution < -0.4 is 11.0 Å². The van der Waals surface area contributed by atoms with Gasteiger partial charge in [0.1, 0.15) is 5.82 Å². The van der Waals surface area contributed by atoms with Crippen molar-refractivity contribution in [3.63, 3.8) is 0 Å². The van der Waals surface area contributed by atoms with Gasteiger partial charge in [0.25, 0.3) is 5.56 Å². The molecule has 20 heavy (non-hydrogen) atoms. The van der Waals surface area contributed by atoms with Crippen LogP contribution in [0.4, 0.5) is 10.3 Å². The van der Waals surface area contributed by atoms with Crippen LogP contribution in [-0.2, 0) is 0 Å². The van der Waals surface area contributed by atoms with Gasteiger partial charge >= 0.3 is 0 Å². The van der Waals surface area contributed by atoms with Crippen LogP contribution in [0.2, 0.25) is 0 Å². The Balaban J connectivity index is 2.13. The molecule has 0 saturated heterocycles. The van der Waals surface area contributed by atoms with Crippen molar-refractivity contribution in [3.8, 4) is 0 Å². The number of H-pyrrole nitrogens is 1. The van der Waals surface area contributed by atoms with Crippen molar-refractivity contribution >= 4 is 12.2 Å². The Morgan fingerprint density at radius 3 is 2.90 bits per heavy atom. The summed E-state index contributed by atoms with van der Waals surface area (Å²) in [5.41, 5.74) is 3.67. The van der Waals surface area contributed by atoms with Crippen LogP contribution in [0.5, 0.6) is 0 Å². The van der Waals surface area contributed by atoms with Gasteiger partial charge in [-0.1, -0.05) is 26.0 Å². The number of aromatic nitrogens is 2. The van der Waals surface area contributed by atoms with E-state index >= 15 is 0 Å². The number of hydrogen-bond donors (Lipinski definition) is 2. The molecule has 5 nitrogen and oxygen atoms in total. The first-order valence-corrected chi connectivity index (χ1v) is 6.20. The number of nitrogens with one attached hydrogen (secondary N) is 2. The maximum Gasteiger partial charge on any atom is 0.252 e. The van der Waals surface area contributed by atoms with Gasteiger partial charge in [-0.3, -0.25) is 9.78 Å². The minimum absolute atomic E-state index is 0.144. The highest BCUT2D eigenvalue weighted by molar-refractivity contribution is 5.79. The van der Waals surface area contributed by atoms with Crippen molar-refractivity contribution < 1.29 is 4.39 Å². The monoisotopic (exact) mass is 274 g/mol. The first kappa shape index (κ1) is 13.9. The fourth-order valence-electron chi connectivity index (χ4n) is 1.58. The number of hydrogen-bond acceptors (Lipinski definition) is 4. The Hall–Kier alpha value is -2.50. The molecule has 0 saturated carbocycles. The molecule has 0 radical (unpaired) electrons. The Morgan fingerprint density at radius 1 is 1.40 bits per heavy atom. The summed E-state index contributed by atoms with van der Waals surface area (Å²) in [6.45, 7) is 3.89. The smallest absolute Gasteiger partial charge is 0.252 e. The van der Waals surface area contributed by atoms with Crippen LogP contribution in [0.1, 0.15) is 31.0 Å². The van der Waals surface area contributed by atoms with Gasteiger partial charge in [0.2, 0.25) is 5.95 Å². The van der Waals surface area contributed by atoms with Gasteiger partial charge in [-0.15, -0.1) is 0 Å². The average Bonchev–Trinajstić information content (AvgIpc) is 2.38. The third-order valence-corrected chi connectivity index (χ3v) is 2.59. The van der Waals surface area contributed by atoms with Crippen molar-refractivity contribution in [3.05, 3.63) is 57.8 Å². The second-order valence-electron chi connectivity index (χ2n) is 4.60. The minimum atomic E-state index is -0.331. The molecule has 0 unspecified atom stereocenters. The second-order valence-corrected chi connectivity index (χ2v) is 4.60. The Bertz CT molecular complexity index is 679. The van der Waals surface area contributed by atoms with Crippen LogP contribution >= 0.6 is 0 Å². The third-order valence-electron chi connectivity index (χ3n) is 2.59. The molecule has 0 aliphatic heterocycles. The maximum absolute atomic E-state index is 13.0. The summed E-state index contributed by atoms with van der Waals surface area (Å²) in [7, 11) is 0. The summed E-state index contributed by atoms with van der Waals surface area (Å²) >= 11 is 0. The fourth-order valence-corrected chi connectivity index (χ4v) is 1.58. The number of anilines is 1. The molecule has 1 heterocycles. The predicted octanol–water partition coefficient (Wildman–Crippen LogP) is 2.48. The molecule has 0 spiro atoms. The molecule has 0 aliphatic carbocycles. The van der Waals surface area contributed by atoms with Crippen LogP contribution in [-0.4, -0.2) is 16.2 Å². The fraction of sp³-hybridized carbons (Fsp3) is 0.214. The van der Waals surface area contributed by atoms with Crippen molar-refractivity contribution in [1.82, 2.24) is 9.97 Å². The summed E-state index contributed by atoms with van der Waals surface area (Å²) in [4.78, 5) is 18.2. The summed E-state index contributed by atoms with van der Waals surface area (Å²) in [6, 6.07) is 7.47. The third kappa shape index (κ3) is 3.74. The molecule has 104 valence electrons. The van der Waals surface area contributed by atoms with E-state index in [1.54, 1.807) is 12.1 Å². The Labute approximate surface area is 115 Å². The second kappa shape index (κ2) is 6.10. The Kier molecular flexibility index (Phi) is 4.24. The molecule has 2 N–H and O–H groups in total. The predicted molar refractivity (Wildman–Crippen MR) is 76.6 cm³/mol. The highest BCUT2D eigenvalue weighted by Crippen LogP contribution is 2.10. The molecule has 0 bridgehead atoms. The van der Waals surface area contributed by atoms with Gasteiger partial charge in [0.15, 0.2) is 0 Å². The lowest BCUT2D eigenvalue weighted by Crippen LogP contribution is -2.12. The summed E-state index contributed by atoms with van der Waals surface area (Å²) in [5.74, 6) is 0.0705. The standard InChI is InChI=1S/C14H15FN4O/c1-9(2)12-7-13(20)18-14(17-12)19-16-8-10-4-3-5-11(15)6-10/h3-9H,1-2H3,(H2,17,18,19,20)/b16-8-. The SMILES string of the molecule is CC(C)c1cc(=O)[nH]c(N/N=C\c2cccc(F)c2)n1. The van der Waals surface area contributed by atoms with Crippen LogP contribution in [0.25, 0.3) is 0 Å². The largest absolute Gasteiger partial charge is 0.291 e. The van der Waals surface area contributed by atoms with Crippen molar-refractivity contribution in [2.75, 3.05) is 5.43 Å². The lowest BCUT2D eigenvalue weighted by molar-refractivity contribution is 0.627. The van der Waals surface area contributed by atoms with Crippen molar-refractivity contribution in [1.29, 1.82) is 0 Å². The van der Waals surface area contributed by atoms with Crippen LogP contribution in [0, 0.1) is 5.82 Å². The minimum Gasteiger partial charge on any atom is -0.291 e. The van der Waals surface area contributed by atoms with E-state index in [9.17, 15) is 9.18 Å². The molecule has 1 aromatic heterocycles. The first-order valence-electron chi connectivity index (χ1n) is 6.20. The van der Waals surface area contributed by atoms with Crippen molar-refractivity contribution in [2.45, 2.75) is 19.8 Å². The van der Waals surface area contributed by atoms with Gasteiger partial charge in [-0.25, -0.2) is 14.8 Å². The van der Waals surface area contributed by atoms with E-state index in [4.69, 9.17) is 0 Å². The van der Waals surface area contributed by atoms with Crippen molar-refractivity contribution in [2.24, 2.45) is 5.10 Å². The zero-order chi connectivity index (χ0) is 14.5. The van der Waals surface area contributed by atoms with Crippen LogP contribution in [0.3, 0.4) is 0 Å². The van der Waals surface area contributed by atoms with E-state index in [1.165, 1.54) is 24.4 Å². The number of hydrazone groups is 1. The van der Waals surface area contributed by atoms with E-state index in [2.05, 4.69) is 20.5 Å². The molecular formula is C14H15FN4O. The molecule has 0 amide bonds. The number of benzene rings is 1. The molecule has 1 aromatic carbocycles. The lowest BCUT2D eigenvalue weighted by atomic mass is 10.1. The molecule has 2 aromatic rings. The van der Waals surface area contributed by atoms with E-state index in [1.807, 2.05) is 13.8 Å². The quantitative estimate of drug-likeness (QED) is 0.664. The number of halogens is 1. The van der Waals surface area contributed by atoms with E-state index in [-0.39, 0.29) is 23.2 Å². The molecule has 6 heteroatoms. The molecule has 0 fully saturated rings. The van der Waals surface area contributed by atoms with Gasteiger partial charge in [0.05, 0.1) is 11.9 Å². The van der Waals surface area contributed by atoms with E-state index in [0.29, 0.717) is 11.3 Å². The Morgan fingerprint density at radius 2 is 2.20 bits per heavy atom. The number of aromatic amines is 1. The van der Waals surface area contributed by atoms with E-state index in [0.717, 1.165) is 0 Å². The molecule has 0 aliphatic rings. The zero-order valence-electron chi connectivity index (χ0n) is 11.2. The average molecular weight is 274 g/mol. The van der Waals surface area contributed by atoms with Gasteiger partial charge in [0, 0.05) is 6.07 Å². The highest BCUT2D eigenvalue weighted by Gasteiger charge is 2.04. The molecular weight excluding hydrogens is 259 g/mol. The highest BCUT2D eigenvalue weighted by atomic mass is 19.1. The first-order chi connectivity index (χ1) is 9.54. The normalized spacial score (nSPS) is 11.2. The van der Waals surface area contributed by atoms with Gasteiger partial charge < -0.3 is 0 Å². The zero-order valence-corrected chi connectivity index (χ0v) is 11.2. The summed E-state index contributed by atoms with van der Waals surface area (Å²) in [5, 5.41) is 3.92. The van der Waals surface area contributed by atoms with Gasteiger partial charge in [-0.05, 0) is 23.6 Å². The number of rotatable bonds is 4. The molecule has 2 rings (SSSR count). The lowest BCUT2D eigenvalue weighted by Gasteiger charge is -2.05. The van der Waals surface area contributed by atoms with Gasteiger partial charge in [-0.2, -0.15) is 5.10 Å².